The maximum Gasteiger partial charge on any atom is 0.222 e. The molecule has 0 bridgehead atoms. The molecule has 1 aromatic rings. The molecule has 1 amide bonds. The van der Waals surface area contributed by atoms with E-state index in [1.54, 1.807) is 0 Å². The van der Waals surface area contributed by atoms with Crippen molar-refractivity contribution < 1.29 is 4.79 Å². The number of amides is 1. The third kappa shape index (κ3) is 4.01. The molecule has 1 saturated carbocycles. The van der Waals surface area contributed by atoms with E-state index in [1.807, 2.05) is 23.1 Å². The standard InChI is InChI=1S/C18H24Cl2N2O/c19-15-7-5-12(9-16(15)20)3-1-2-4-18(23)22-10-13-6-8-17(21)14(13)11-22/h5,7,9,13-14,17H,1-4,6,8,10-11,21H2. The minimum Gasteiger partial charge on any atom is -0.342 e. The van der Waals surface area contributed by atoms with E-state index in [-0.39, 0.29) is 0 Å². The minimum atomic E-state index is 0.292. The Morgan fingerprint density at radius 2 is 2.00 bits per heavy atom. The summed E-state index contributed by atoms with van der Waals surface area (Å²) in [6.45, 7) is 1.79. The number of rotatable bonds is 5. The van der Waals surface area contributed by atoms with Gasteiger partial charge < -0.3 is 10.6 Å². The number of likely N-dealkylation sites (tertiary alicyclic amines) is 1. The fourth-order valence-corrected chi connectivity index (χ4v) is 4.29. The highest BCUT2D eigenvalue weighted by Gasteiger charge is 2.42. The van der Waals surface area contributed by atoms with Crippen LogP contribution in [-0.2, 0) is 11.2 Å². The largest absolute Gasteiger partial charge is 0.342 e. The number of hydrogen-bond acceptors (Lipinski definition) is 2. The Labute approximate surface area is 148 Å². The van der Waals surface area contributed by atoms with Crippen molar-refractivity contribution in [3.8, 4) is 0 Å². The number of fused-ring (bicyclic) bond motifs is 1. The fourth-order valence-electron chi connectivity index (χ4n) is 3.97. The lowest BCUT2D eigenvalue weighted by atomic mass is 9.98. The van der Waals surface area contributed by atoms with Crippen LogP contribution < -0.4 is 5.73 Å². The third-order valence-electron chi connectivity index (χ3n) is 5.36. The molecule has 3 unspecified atom stereocenters. The number of nitrogens with zero attached hydrogens (tertiary/aromatic N) is 1. The Hall–Kier alpha value is -0.770. The van der Waals surface area contributed by atoms with Crippen molar-refractivity contribution in [3.05, 3.63) is 33.8 Å². The molecule has 0 radical (unpaired) electrons. The van der Waals surface area contributed by atoms with E-state index < -0.39 is 0 Å². The lowest BCUT2D eigenvalue weighted by Gasteiger charge is -2.18. The van der Waals surface area contributed by atoms with Gasteiger partial charge in [0.15, 0.2) is 0 Å². The first kappa shape index (κ1) is 17.1. The van der Waals surface area contributed by atoms with Gasteiger partial charge in [-0.2, -0.15) is 0 Å². The second kappa shape index (κ2) is 7.42. The Balaban J connectivity index is 1.39. The molecule has 2 fully saturated rings. The average molecular weight is 355 g/mol. The highest BCUT2D eigenvalue weighted by Crippen LogP contribution is 2.37. The van der Waals surface area contributed by atoms with E-state index in [2.05, 4.69) is 0 Å². The first-order chi connectivity index (χ1) is 11.0. The molecule has 1 aromatic carbocycles. The van der Waals surface area contributed by atoms with E-state index in [0.717, 1.165) is 38.8 Å². The summed E-state index contributed by atoms with van der Waals surface area (Å²) in [6, 6.07) is 6.04. The van der Waals surface area contributed by atoms with Gasteiger partial charge in [0.25, 0.3) is 0 Å². The predicted octanol–water partition coefficient (Wildman–Crippen LogP) is 3.90. The van der Waals surface area contributed by atoms with Gasteiger partial charge in [-0.15, -0.1) is 0 Å². The van der Waals surface area contributed by atoms with Crippen LogP contribution in [0.2, 0.25) is 10.0 Å². The van der Waals surface area contributed by atoms with Crippen molar-refractivity contribution >= 4 is 29.1 Å². The number of carbonyl (C=O) groups is 1. The minimum absolute atomic E-state index is 0.292. The van der Waals surface area contributed by atoms with Crippen molar-refractivity contribution in [3.63, 3.8) is 0 Å². The first-order valence-electron chi connectivity index (χ1n) is 8.52. The summed E-state index contributed by atoms with van der Waals surface area (Å²) in [7, 11) is 0. The van der Waals surface area contributed by atoms with Crippen LogP contribution in [0, 0.1) is 11.8 Å². The van der Waals surface area contributed by atoms with E-state index in [9.17, 15) is 4.79 Å². The van der Waals surface area contributed by atoms with Gasteiger partial charge in [0.2, 0.25) is 5.91 Å². The Bertz CT molecular complexity index is 578. The quantitative estimate of drug-likeness (QED) is 0.815. The highest BCUT2D eigenvalue weighted by atomic mass is 35.5. The van der Waals surface area contributed by atoms with E-state index in [4.69, 9.17) is 28.9 Å². The zero-order valence-corrected chi connectivity index (χ0v) is 14.8. The van der Waals surface area contributed by atoms with E-state index >= 15 is 0 Å². The SMILES string of the molecule is NC1CCC2CN(C(=O)CCCCc3ccc(Cl)c(Cl)c3)CC12. The normalized spacial score (nSPS) is 26.6. The Morgan fingerprint density at radius 3 is 2.74 bits per heavy atom. The second-order valence-electron chi connectivity index (χ2n) is 6.92. The fraction of sp³-hybridized carbons (Fsp3) is 0.611. The highest BCUT2D eigenvalue weighted by molar-refractivity contribution is 6.42. The van der Waals surface area contributed by atoms with Crippen LogP contribution in [0.4, 0.5) is 0 Å². The summed E-state index contributed by atoms with van der Waals surface area (Å²) in [4.78, 5) is 14.4. The smallest absolute Gasteiger partial charge is 0.222 e. The molecule has 23 heavy (non-hydrogen) atoms. The van der Waals surface area contributed by atoms with Crippen LogP contribution in [0.25, 0.3) is 0 Å². The number of hydrogen-bond donors (Lipinski definition) is 1. The Kier molecular flexibility index (Phi) is 5.50. The van der Waals surface area contributed by atoms with Crippen LogP contribution in [0.15, 0.2) is 18.2 Å². The number of carbonyl (C=O) groups excluding carboxylic acids is 1. The van der Waals surface area contributed by atoms with Crippen LogP contribution in [0.5, 0.6) is 0 Å². The summed E-state index contributed by atoms with van der Waals surface area (Å²) in [5.74, 6) is 1.47. The van der Waals surface area contributed by atoms with Gasteiger partial charge in [0, 0.05) is 25.6 Å². The average Bonchev–Trinajstić information content (AvgIpc) is 3.09. The molecule has 0 spiro atoms. The molecule has 126 valence electrons. The molecule has 2 aliphatic rings. The second-order valence-corrected chi connectivity index (χ2v) is 7.73. The molecule has 1 aliphatic carbocycles. The number of aryl methyl sites for hydroxylation is 1. The number of halogens is 2. The van der Waals surface area contributed by atoms with E-state index in [0.29, 0.717) is 40.3 Å². The van der Waals surface area contributed by atoms with Crippen molar-refractivity contribution in [2.75, 3.05) is 13.1 Å². The zero-order chi connectivity index (χ0) is 16.4. The first-order valence-corrected chi connectivity index (χ1v) is 9.27. The topological polar surface area (TPSA) is 46.3 Å². The molecule has 0 aromatic heterocycles. The third-order valence-corrected chi connectivity index (χ3v) is 6.09. The molecular formula is C18H24Cl2N2O. The van der Waals surface area contributed by atoms with Gasteiger partial charge in [-0.1, -0.05) is 29.3 Å². The monoisotopic (exact) mass is 354 g/mol. The summed E-state index contributed by atoms with van der Waals surface area (Å²) in [5, 5.41) is 1.18. The zero-order valence-electron chi connectivity index (χ0n) is 13.3. The van der Waals surface area contributed by atoms with Gasteiger partial charge in [0.05, 0.1) is 10.0 Å². The summed E-state index contributed by atoms with van der Waals surface area (Å²) >= 11 is 11.9. The summed E-state index contributed by atoms with van der Waals surface area (Å²) in [6.07, 6.45) is 5.78. The molecule has 1 aliphatic heterocycles. The van der Waals surface area contributed by atoms with Gasteiger partial charge >= 0.3 is 0 Å². The van der Waals surface area contributed by atoms with Gasteiger partial charge in [0.1, 0.15) is 0 Å². The predicted molar refractivity (Wildman–Crippen MR) is 94.8 cm³/mol. The number of benzene rings is 1. The van der Waals surface area contributed by atoms with Crippen LogP contribution >= 0.6 is 23.2 Å². The molecule has 3 rings (SSSR count). The van der Waals surface area contributed by atoms with Crippen LogP contribution in [0.1, 0.15) is 37.7 Å². The molecular weight excluding hydrogens is 331 g/mol. The van der Waals surface area contributed by atoms with Crippen molar-refractivity contribution in [1.82, 2.24) is 4.90 Å². The van der Waals surface area contributed by atoms with Crippen molar-refractivity contribution in [2.24, 2.45) is 17.6 Å². The van der Waals surface area contributed by atoms with Gasteiger partial charge in [-0.3, -0.25) is 4.79 Å². The molecule has 1 saturated heterocycles. The Morgan fingerprint density at radius 1 is 1.17 bits per heavy atom. The maximum absolute atomic E-state index is 12.3. The van der Waals surface area contributed by atoms with E-state index in [1.165, 1.54) is 12.0 Å². The molecule has 2 N–H and O–H groups in total. The summed E-state index contributed by atoms with van der Waals surface area (Å²) < 4.78 is 0. The van der Waals surface area contributed by atoms with Crippen molar-refractivity contribution in [1.29, 1.82) is 0 Å². The van der Waals surface area contributed by atoms with Gasteiger partial charge in [-0.25, -0.2) is 0 Å². The number of nitrogens with two attached hydrogens (primary N) is 1. The summed E-state index contributed by atoms with van der Waals surface area (Å²) in [5.41, 5.74) is 7.31. The number of unbranched alkanes of at least 4 members (excludes halogenated alkanes) is 1. The van der Waals surface area contributed by atoms with Crippen molar-refractivity contribution in [2.45, 2.75) is 44.6 Å². The van der Waals surface area contributed by atoms with Gasteiger partial charge in [-0.05, 0) is 61.6 Å². The molecule has 3 nitrogen and oxygen atoms in total. The van der Waals surface area contributed by atoms with Crippen LogP contribution in [-0.4, -0.2) is 29.9 Å². The maximum atomic E-state index is 12.3. The molecule has 1 heterocycles. The lowest BCUT2D eigenvalue weighted by molar-refractivity contribution is -0.130. The molecule has 3 atom stereocenters. The lowest BCUT2D eigenvalue weighted by Crippen LogP contribution is -2.33. The molecule has 5 heteroatoms. The van der Waals surface area contributed by atoms with Crippen LogP contribution in [0.3, 0.4) is 0 Å².